The van der Waals surface area contributed by atoms with Gasteiger partial charge in [0.1, 0.15) is 17.6 Å². The summed E-state index contributed by atoms with van der Waals surface area (Å²) in [6.07, 6.45) is -0.717. The van der Waals surface area contributed by atoms with Crippen LogP contribution in [0.4, 0.5) is 10.5 Å². The van der Waals surface area contributed by atoms with Crippen LogP contribution in [0, 0.1) is 0 Å². The number of urea groups is 1. The number of anilines is 1. The number of methoxy groups -OCH3 is 2. The highest BCUT2D eigenvalue weighted by Crippen LogP contribution is 2.25. The lowest BCUT2D eigenvalue weighted by Gasteiger charge is -2.12. The fraction of sp³-hybridized carbons (Fsp3) is 0.267. The number of aliphatic hydroxyl groups excluding tert-OH is 1. The lowest BCUT2D eigenvalue weighted by atomic mass is 10.2. The second-order valence-electron chi connectivity index (χ2n) is 4.47. The van der Waals surface area contributed by atoms with Gasteiger partial charge in [-0.15, -0.1) is 11.3 Å². The molecular formula is C15H18N2O4S. The quantitative estimate of drug-likeness (QED) is 0.764. The number of rotatable bonds is 6. The topological polar surface area (TPSA) is 79.8 Å². The molecule has 3 N–H and O–H groups in total. The smallest absolute Gasteiger partial charge is 0.319 e. The first-order valence-electron chi connectivity index (χ1n) is 6.61. The summed E-state index contributed by atoms with van der Waals surface area (Å²) in [7, 11) is 3.08. The van der Waals surface area contributed by atoms with Gasteiger partial charge in [-0.05, 0) is 11.4 Å². The Morgan fingerprint density at radius 2 is 1.95 bits per heavy atom. The van der Waals surface area contributed by atoms with Gasteiger partial charge in [0.15, 0.2) is 0 Å². The number of hydrogen-bond donors (Lipinski definition) is 3. The van der Waals surface area contributed by atoms with E-state index >= 15 is 0 Å². The Morgan fingerprint density at radius 1 is 1.27 bits per heavy atom. The van der Waals surface area contributed by atoms with Gasteiger partial charge in [0, 0.05) is 28.8 Å². The minimum absolute atomic E-state index is 0.132. The van der Waals surface area contributed by atoms with E-state index in [0.29, 0.717) is 17.2 Å². The molecule has 0 saturated carbocycles. The largest absolute Gasteiger partial charge is 0.497 e. The van der Waals surface area contributed by atoms with E-state index in [0.717, 1.165) is 4.88 Å². The number of ether oxygens (including phenoxy) is 2. The molecule has 0 fully saturated rings. The maximum atomic E-state index is 11.9. The fourth-order valence-corrected chi connectivity index (χ4v) is 2.54. The van der Waals surface area contributed by atoms with E-state index in [2.05, 4.69) is 10.6 Å². The molecule has 1 aromatic carbocycles. The second kappa shape index (κ2) is 7.67. The molecule has 1 atom stereocenters. The minimum atomic E-state index is -0.717. The van der Waals surface area contributed by atoms with Crippen LogP contribution in [0.5, 0.6) is 11.5 Å². The van der Waals surface area contributed by atoms with E-state index in [1.54, 1.807) is 18.2 Å². The first kappa shape index (κ1) is 16.1. The first-order valence-corrected chi connectivity index (χ1v) is 7.49. The van der Waals surface area contributed by atoms with Crippen LogP contribution in [0.25, 0.3) is 0 Å². The Labute approximate surface area is 132 Å². The highest BCUT2D eigenvalue weighted by molar-refractivity contribution is 7.10. The Balaban J connectivity index is 1.91. The summed E-state index contributed by atoms with van der Waals surface area (Å²) in [6, 6.07) is 8.33. The standard InChI is InChI=1S/C15H18N2O4S/c1-20-11-6-10(7-12(8-11)21-2)17-15(19)16-9-13(18)14-4-3-5-22-14/h3-8,13,18H,9H2,1-2H3,(H2,16,17,19). The molecule has 0 spiro atoms. The van der Waals surface area contributed by atoms with Crippen molar-refractivity contribution in [3.63, 3.8) is 0 Å². The summed E-state index contributed by atoms with van der Waals surface area (Å²) in [6.45, 7) is 0.132. The summed E-state index contributed by atoms with van der Waals surface area (Å²) >= 11 is 1.44. The molecule has 0 aliphatic rings. The SMILES string of the molecule is COc1cc(NC(=O)NCC(O)c2cccs2)cc(OC)c1. The molecule has 0 aliphatic heterocycles. The van der Waals surface area contributed by atoms with Gasteiger partial charge in [0.05, 0.1) is 20.8 Å². The summed E-state index contributed by atoms with van der Waals surface area (Å²) < 4.78 is 10.3. The highest BCUT2D eigenvalue weighted by atomic mass is 32.1. The van der Waals surface area contributed by atoms with Gasteiger partial charge in [0.25, 0.3) is 0 Å². The van der Waals surface area contributed by atoms with Crippen LogP contribution in [0.2, 0.25) is 0 Å². The van der Waals surface area contributed by atoms with Gasteiger partial charge < -0.3 is 25.2 Å². The van der Waals surface area contributed by atoms with Gasteiger partial charge in [-0.3, -0.25) is 0 Å². The molecule has 2 amide bonds. The van der Waals surface area contributed by atoms with E-state index in [1.807, 2.05) is 17.5 Å². The van der Waals surface area contributed by atoms with Gasteiger partial charge in [0.2, 0.25) is 0 Å². The minimum Gasteiger partial charge on any atom is -0.497 e. The third-order valence-corrected chi connectivity index (χ3v) is 3.91. The molecule has 2 aromatic rings. The van der Waals surface area contributed by atoms with Crippen LogP contribution in [0.1, 0.15) is 11.0 Å². The number of hydrogen-bond acceptors (Lipinski definition) is 5. The molecule has 22 heavy (non-hydrogen) atoms. The number of benzene rings is 1. The number of amides is 2. The summed E-state index contributed by atoms with van der Waals surface area (Å²) in [5.41, 5.74) is 0.541. The van der Waals surface area contributed by atoms with Crippen LogP contribution in [-0.4, -0.2) is 31.9 Å². The lowest BCUT2D eigenvalue weighted by molar-refractivity contribution is 0.178. The molecule has 7 heteroatoms. The van der Waals surface area contributed by atoms with Crippen LogP contribution in [-0.2, 0) is 0 Å². The Kier molecular flexibility index (Phi) is 5.62. The molecule has 6 nitrogen and oxygen atoms in total. The first-order chi connectivity index (χ1) is 10.6. The molecule has 0 aliphatic carbocycles. The van der Waals surface area contributed by atoms with Crippen molar-refractivity contribution >= 4 is 23.1 Å². The molecule has 0 radical (unpaired) electrons. The summed E-state index contributed by atoms with van der Waals surface area (Å²) in [5.74, 6) is 1.15. The summed E-state index contributed by atoms with van der Waals surface area (Å²) in [4.78, 5) is 12.7. The zero-order chi connectivity index (χ0) is 15.9. The fourth-order valence-electron chi connectivity index (χ4n) is 1.83. The predicted octanol–water partition coefficient (Wildman–Crippen LogP) is 2.62. The Hall–Kier alpha value is -2.25. The van der Waals surface area contributed by atoms with E-state index in [4.69, 9.17) is 9.47 Å². The average molecular weight is 322 g/mol. The number of nitrogens with one attached hydrogen (secondary N) is 2. The van der Waals surface area contributed by atoms with Gasteiger partial charge >= 0.3 is 6.03 Å². The van der Waals surface area contributed by atoms with Gasteiger partial charge in [-0.1, -0.05) is 6.07 Å². The molecule has 118 valence electrons. The van der Waals surface area contributed by atoms with Crippen LogP contribution in [0.3, 0.4) is 0 Å². The maximum absolute atomic E-state index is 11.9. The van der Waals surface area contributed by atoms with Crippen molar-refractivity contribution in [3.8, 4) is 11.5 Å². The van der Waals surface area contributed by atoms with Crippen molar-refractivity contribution in [1.82, 2.24) is 5.32 Å². The van der Waals surface area contributed by atoms with Crippen molar-refractivity contribution in [2.24, 2.45) is 0 Å². The number of carbonyl (C=O) groups is 1. The van der Waals surface area contributed by atoms with Gasteiger partial charge in [-0.2, -0.15) is 0 Å². The molecule has 1 aromatic heterocycles. The van der Waals surface area contributed by atoms with Crippen molar-refractivity contribution < 1.29 is 19.4 Å². The van der Waals surface area contributed by atoms with Crippen molar-refractivity contribution in [2.75, 3.05) is 26.1 Å². The zero-order valence-electron chi connectivity index (χ0n) is 12.3. The van der Waals surface area contributed by atoms with Crippen molar-refractivity contribution in [1.29, 1.82) is 0 Å². The molecule has 0 saturated heterocycles. The summed E-state index contributed by atoms with van der Waals surface area (Å²) in [5, 5.41) is 17.1. The van der Waals surface area contributed by atoms with Crippen LogP contribution < -0.4 is 20.1 Å². The molecule has 0 bridgehead atoms. The Morgan fingerprint density at radius 3 is 2.50 bits per heavy atom. The van der Waals surface area contributed by atoms with Crippen molar-refractivity contribution in [3.05, 3.63) is 40.6 Å². The van der Waals surface area contributed by atoms with Gasteiger partial charge in [-0.25, -0.2) is 4.79 Å². The lowest BCUT2D eigenvalue weighted by Crippen LogP contribution is -2.32. The van der Waals surface area contributed by atoms with E-state index in [1.165, 1.54) is 25.6 Å². The average Bonchev–Trinajstić information content (AvgIpc) is 3.06. The maximum Gasteiger partial charge on any atom is 0.319 e. The number of aliphatic hydroxyl groups is 1. The van der Waals surface area contributed by atoms with Crippen molar-refractivity contribution in [2.45, 2.75) is 6.10 Å². The Bertz CT molecular complexity index is 594. The van der Waals surface area contributed by atoms with Crippen LogP contribution in [0.15, 0.2) is 35.7 Å². The van der Waals surface area contributed by atoms with E-state index < -0.39 is 12.1 Å². The third kappa shape index (κ3) is 4.37. The molecule has 2 rings (SSSR count). The van der Waals surface area contributed by atoms with Crippen LogP contribution >= 0.6 is 11.3 Å². The number of thiophene rings is 1. The second-order valence-corrected chi connectivity index (χ2v) is 5.45. The molecule has 1 heterocycles. The zero-order valence-corrected chi connectivity index (χ0v) is 13.1. The molecular weight excluding hydrogens is 304 g/mol. The predicted molar refractivity (Wildman–Crippen MR) is 85.8 cm³/mol. The third-order valence-electron chi connectivity index (χ3n) is 2.94. The normalized spacial score (nSPS) is 11.6. The number of carbonyl (C=O) groups excluding carboxylic acids is 1. The highest BCUT2D eigenvalue weighted by Gasteiger charge is 2.11. The monoisotopic (exact) mass is 322 g/mol. The van der Waals surface area contributed by atoms with E-state index in [-0.39, 0.29) is 6.54 Å². The van der Waals surface area contributed by atoms with E-state index in [9.17, 15) is 9.90 Å². The molecule has 1 unspecified atom stereocenters.